The highest BCUT2D eigenvalue weighted by Gasteiger charge is 2.29. The molecule has 0 amide bonds. The molecule has 1 aliphatic carbocycles. The number of benzene rings is 1. The van der Waals surface area contributed by atoms with Crippen molar-refractivity contribution in [3.05, 3.63) is 57.5 Å². The molecular formula is C16H19FN2S. The van der Waals surface area contributed by atoms with E-state index in [9.17, 15) is 4.39 Å². The molecule has 1 saturated carbocycles. The Morgan fingerprint density at radius 3 is 2.65 bits per heavy atom. The van der Waals surface area contributed by atoms with Crippen LogP contribution >= 0.6 is 11.3 Å². The molecule has 1 fully saturated rings. The van der Waals surface area contributed by atoms with E-state index >= 15 is 0 Å². The summed E-state index contributed by atoms with van der Waals surface area (Å²) in [4.78, 5) is 3.81. The van der Waals surface area contributed by atoms with Gasteiger partial charge in [0.25, 0.3) is 0 Å². The Morgan fingerprint density at radius 2 is 2.00 bits per heavy atom. The van der Waals surface area contributed by atoms with Crippen molar-refractivity contribution in [2.24, 2.45) is 5.73 Å². The van der Waals surface area contributed by atoms with Gasteiger partial charge in [-0.05, 0) is 47.5 Å². The fraction of sp³-hybridized carbons (Fsp3) is 0.375. The smallest absolute Gasteiger partial charge is 0.123 e. The zero-order valence-corrected chi connectivity index (χ0v) is 12.2. The van der Waals surface area contributed by atoms with Gasteiger partial charge < -0.3 is 5.73 Å². The van der Waals surface area contributed by atoms with Gasteiger partial charge in [0.1, 0.15) is 5.82 Å². The second-order valence-electron chi connectivity index (χ2n) is 5.39. The molecule has 1 heterocycles. The predicted molar refractivity (Wildman–Crippen MR) is 80.9 cm³/mol. The molecule has 0 aliphatic heterocycles. The van der Waals surface area contributed by atoms with Crippen molar-refractivity contribution in [2.75, 3.05) is 0 Å². The minimum atomic E-state index is -0.185. The largest absolute Gasteiger partial charge is 0.326 e. The van der Waals surface area contributed by atoms with Crippen molar-refractivity contribution >= 4 is 11.3 Å². The van der Waals surface area contributed by atoms with Crippen LogP contribution in [0.1, 0.15) is 28.8 Å². The summed E-state index contributed by atoms with van der Waals surface area (Å²) in [6.07, 6.45) is 2.51. The van der Waals surface area contributed by atoms with E-state index in [1.807, 2.05) is 6.07 Å². The average Bonchev–Trinajstić information content (AvgIpc) is 3.16. The molecule has 0 unspecified atom stereocenters. The molecule has 1 aromatic heterocycles. The Bertz CT molecular complexity index is 564. The van der Waals surface area contributed by atoms with E-state index in [4.69, 9.17) is 5.73 Å². The highest BCUT2D eigenvalue weighted by atomic mass is 32.1. The third-order valence-corrected chi connectivity index (χ3v) is 4.50. The number of rotatable bonds is 6. The van der Waals surface area contributed by atoms with Gasteiger partial charge in [0, 0.05) is 30.6 Å². The van der Waals surface area contributed by atoms with Crippen molar-refractivity contribution in [2.45, 2.75) is 38.5 Å². The Labute approximate surface area is 123 Å². The van der Waals surface area contributed by atoms with Crippen molar-refractivity contribution in [3.63, 3.8) is 0 Å². The third-order valence-electron chi connectivity index (χ3n) is 3.64. The van der Waals surface area contributed by atoms with Gasteiger partial charge in [-0.15, -0.1) is 11.3 Å². The van der Waals surface area contributed by atoms with Crippen LogP contribution < -0.4 is 5.73 Å². The maximum absolute atomic E-state index is 13.6. The van der Waals surface area contributed by atoms with Crippen molar-refractivity contribution in [3.8, 4) is 0 Å². The quantitative estimate of drug-likeness (QED) is 0.882. The van der Waals surface area contributed by atoms with Gasteiger partial charge in [0.05, 0.1) is 0 Å². The van der Waals surface area contributed by atoms with E-state index in [-0.39, 0.29) is 5.82 Å². The standard InChI is InChI=1S/C16H19FN2S/c17-14-7-12(9-18)6-13(8-14)10-19(15-3-4-15)11-16-2-1-5-20-16/h1-2,5-8,15H,3-4,9-11,18H2. The molecule has 2 nitrogen and oxygen atoms in total. The van der Waals surface area contributed by atoms with Crippen LogP contribution in [0.15, 0.2) is 35.7 Å². The Morgan fingerprint density at radius 1 is 1.20 bits per heavy atom. The number of nitrogens with two attached hydrogens (primary N) is 1. The summed E-state index contributed by atoms with van der Waals surface area (Å²) in [5, 5.41) is 2.11. The van der Waals surface area contributed by atoms with E-state index in [0.717, 1.165) is 24.2 Å². The normalized spacial score (nSPS) is 14.9. The van der Waals surface area contributed by atoms with Crippen LogP contribution in [0, 0.1) is 5.82 Å². The lowest BCUT2D eigenvalue weighted by molar-refractivity contribution is 0.247. The van der Waals surface area contributed by atoms with Crippen LogP contribution in [0.3, 0.4) is 0 Å². The lowest BCUT2D eigenvalue weighted by Crippen LogP contribution is -2.24. The molecule has 1 aliphatic rings. The molecule has 20 heavy (non-hydrogen) atoms. The summed E-state index contributed by atoms with van der Waals surface area (Å²) in [5.74, 6) is -0.185. The fourth-order valence-electron chi connectivity index (χ4n) is 2.52. The summed E-state index contributed by atoms with van der Waals surface area (Å²) in [6.45, 7) is 2.14. The highest BCUT2D eigenvalue weighted by molar-refractivity contribution is 7.09. The van der Waals surface area contributed by atoms with Crippen LogP contribution in [0.2, 0.25) is 0 Å². The summed E-state index contributed by atoms with van der Waals surface area (Å²) >= 11 is 1.78. The summed E-state index contributed by atoms with van der Waals surface area (Å²) in [5.41, 5.74) is 7.51. The molecule has 4 heteroatoms. The molecule has 0 radical (unpaired) electrons. The lowest BCUT2D eigenvalue weighted by Gasteiger charge is -2.21. The first-order valence-electron chi connectivity index (χ1n) is 6.99. The summed E-state index contributed by atoms with van der Waals surface area (Å²) in [7, 11) is 0. The Balaban J connectivity index is 1.74. The van der Waals surface area contributed by atoms with Gasteiger partial charge in [-0.2, -0.15) is 0 Å². The van der Waals surface area contributed by atoms with Gasteiger partial charge in [-0.3, -0.25) is 4.90 Å². The van der Waals surface area contributed by atoms with E-state index in [2.05, 4.69) is 22.4 Å². The first-order valence-corrected chi connectivity index (χ1v) is 7.87. The third kappa shape index (κ3) is 3.45. The number of thiophene rings is 1. The topological polar surface area (TPSA) is 29.3 Å². The Hall–Kier alpha value is -1.23. The molecule has 2 aromatic rings. The van der Waals surface area contributed by atoms with Gasteiger partial charge in [0.2, 0.25) is 0 Å². The number of nitrogens with zero attached hydrogens (tertiary/aromatic N) is 1. The van der Waals surface area contributed by atoms with E-state index in [1.54, 1.807) is 17.4 Å². The van der Waals surface area contributed by atoms with E-state index in [0.29, 0.717) is 12.6 Å². The second-order valence-corrected chi connectivity index (χ2v) is 6.42. The van der Waals surface area contributed by atoms with Crippen LogP contribution in [0.25, 0.3) is 0 Å². The average molecular weight is 290 g/mol. The zero-order chi connectivity index (χ0) is 13.9. The van der Waals surface area contributed by atoms with Crippen molar-refractivity contribution in [1.82, 2.24) is 4.90 Å². The molecule has 0 atom stereocenters. The number of hydrogen-bond donors (Lipinski definition) is 1. The van der Waals surface area contributed by atoms with Gasteiger partial charge >= 0.3 is 0 Å². The van der Waals surface area contributed by atoms with Crippen molar-refractivity contribution < 1.29 is 4.39 Å². The van der Waals surface area contributed by atoms with Gasteiger partial charge in [-0.25, -0.2) is 4.39 Å². The van der Waals surface area contributed by atoms with E-state index < -0.39 is 0 Å². The summed E-state index contributed by atoms with van der Waals surface area (Å²) < 4.78 is 13.6. The zero-order valence-electron chi connectivity index (χ0n) is 11.4. The molecule has 3 rings (SSSR count). The SMILES string of the molecule is NCc1cc(F)cc(CN(Cc2cccs2)C2CC2)c1. The highest BCUT2D eigenvalue weighted by Crippen LogP contribution is 2.30. The molecule has 2 N–H and O–H groups in total. The molecule has 0 saturated heterocycles. The summed E-state index contributed by atoms with van der Waals surface area (Å²) in [6, 6.07) is 10.1. The minimum Gasteiger partial charge on any atom is -0.326 e. The predicted octanol–water partition coefficient (Wildman–Crippen LogP) is 3.51. The number of hydrogen-bond acceptors (Lipinski definition) is 3. The van der Waals surface area contributed by atoms with Crippen molar-refractivity contribution in [1.29, 1.82) is 0 Å². The molecule has 0 spiro atoms. The minimum absolute atomic E-state index is 0.185. The van der Waals surface area contributed by atoms with Crippen LogP contribution in [-0.2, 0) is 19.6 Å². The van der Waals surface area contributed by atoms with Crippen LogP contribution in [0.5, 0.6) is 0 Å². The second kappa shape index (κ2) is 6.04. The first kappa shape index (κ1) is 13.7. The maximum atomic E-state index is 13.6. The van der Waals surface area contributed by atoms with Crippen LogP contribution in [0.4, 0.5) is 4.39 Å². The maximum Gasteiger partial charge on any atom is 0.123 e. The van der Waals surface area contributed by atoms with Crippen LogP contribution in [-0.4, -0.2) is 10.9 Å². The Kier molecular flexibility index (Phi) is 4.15. The molecule has 1 aromatic carbocycles. The van der Waals surface area contributed by atoms with Gasteiger partial charge in [0.15, 0.2) is 0 Å². The first-order chi connectivity index (χ1) is 9.74. The monoisotopic (exact) mass is 290 g/mol. The molecule has 106 valence electrons. The van der Waals surface area contributed by atoms with Gasteiger partial charge in [-0.1, -0.05) is 12.1 Å². The number of halogens is 1. The molecular weight excluding hydrogens is 271 g/mol. The molecule has 0 bridgehead atoms. The lowest BCUT2D eigenvalue weighted by atomic mass is 10.1. The fourth-order valence-corrected chi connectivity index (χ4v) is 3.25. The van der Waals surface area contributed by atoms with E-state index in [1.165, 1.54) is 23.8 Å².